The highest BCUT2D eigenvalue weighted by atomic mass is 32.3. The second-order valence-electron chi connectivity index (χ2n) is 9.76. The monoisotopic (exact) mass is 641 g/mol. The number of carbonyl (C=O) groups excluding carboxylic acids is 6. The molecule has 0 saturated carbocycles. The number of carbonyl (C=O) groups is 6. The molecule has 1 heterocycles. The van der Waals surface area contributed by atoms with E-state index in [9.17, 15) is 28.8 Å². The van der Waals surface area contributed by atoms with Crippen LogP contribution in [0.25, 0.3) is 0 Å². The highest BCUT2D eigenvalue weighted by Gasteiger charge is 2.54. The smallest absolute Gasteiger partial charge is 0.313 e. The molecule has 1 fully saturated rings. The quantitative estimate of drug-likeness (QED) is 0.158. The highest BCUT2D eigenvalue weighted by Crippen LogP contribution is 2.48. The molecule has 1 aliphatic rings. The van der Waals surface area contributed by atoms with Crippen molar-refractivity contribution in [2.24, 2.45) is 0 Å². The molecule has 41 heavy (non-hydrogen) atoms. The molecular weight excluding hydrogens is 598 g/mol. The molecule has 1 unspecified atom stereocenters. The Bertz CT molecular complexity index is 950. The van der Waals surface area contributed by atoms with Gasteiger partial charge < -0.3 is 28.4 Å². The van der Waals surface area contributed by atoms with E-state index < -0.39 is 76.0 Å². The lowest BCUT2D eigenvalue weighted by atomic mass is 9.94. The Morgan fingerprint density at radius 2 is 1.37 bits per heavy atom. The van der Waals surface area contributed by atoms with Crippen LogP contribution in [0.1, 0.15) is 60.8 Å². The summed E-state index contributed by atoms with van der Waals surface area (Å²) in [5, 5.41) is 2.91. The number of nitrogens with one attached hydrogen (secondary N) is 1. The molecule has 0 bridgehead atoms. The van der Waals surface area contributed by atoms with Gasteiger partial charge in [-0.3, -0.25) is 28.8 Å². The Kier molecular flexibility index (Phi) is 16.1. The van der Waals surface area contributed by atoms with Crippen molar-refractivity contribution in [2.45, 2.75) is 96.7 Å². The van der Waals surface area contributed by atoms with E-state index in [1.54, 1.807) is 6.26 Å². The van der Waals surface area contributed by atoms with Gasteiger partial charge in [-0.2, -0.15) is 0 Å². The number of rotatable bonds is 15. The van der Waals surface area contributed by atoms with Crippen LogP contribution in [0.4, 0.5) is 0 Å². The van der Waals surface area contributed by atoms with E-state index >= 15 is 0 Å². The van der Waals surface area contributed by atoms with Crippen molar-refractivity contribution >= 4 is 68.7 Å². The fourth-order valence-electron chi connectivity index (χ4n) is 4.52. The molecule has 0 aliphatic carbocycles. The molecule has 236 valence electrons. The number of amides is 1. The Hall–Kier alpha value is -1.97. The normalized spacial score (nSPS) is 25.0. The van der Waals surface area contributed by atoms with Gasteiger partial charge in [0, 0.05) is 58.8 Å². The van der Waals surface area contributed by atoms with Crippen molar-refractivity contribution in [1.29, 1.82) is 0 Å². The summed E-state index contributed by atoms with van der Waals surface area (Å²) in [6.07, 6.45) is 1.21. The highest BCUT2D eigenvalue weighted by molar-refractivity contribution is 8.29. The standard InChI is InChI=1S/C26H43NO11S3/c1-15(28)27-21(14-41(8,38-19(5)32)13-11-9-10-12-40-20(6)33)22-23(34-16(2)29)24(35-17(3)30)25(36-18(4)31)26(37-22)39-7/h21-26H,9-14H2,1-8H3,(H,27,28)/t21-,22+,23-,24-,25+,26+/m0/s1. The van der Waals surface area contributed by atoms with Gasteiger partial charge in [-0.05, 0) is 25.4 Å². The van der Waals surface area contributed by atoms with Crippen LogP contribution in [0.2, 0.25) is 0 Å². The molecular formula is C26H43NO11S3. The van der Waals surface area contributed by atoms with E-state index in [1.807, 2.05) is 6.26 Å². The third kappa shape index (κ3) is 13.7. The minimum atomic E-state index is -2.14. The van der Waals surface area contributed by atoms with Crippen molar-refractivity contribution in [2.75, 3.05) is 29.8 Å². The molecule has 1 N–H and O–H groups in total. The number of unbranched alkanes of at least 4 members (excludes halogenated alkanes) is 2. The lowest BCUT2D eigenvalue weighted by Crippen LogP contribution is -2.66. The van der Waals surface area contributed by atoms with Crippen LogP contribution in [-0.4, -0.2) is 101 Å². The summed E-state index contributed by atoms with van der Waals surface area (Å²) >= 11 is 2.45. The Balaban J connectivity index is 3.43. The second-order valence-corrected chi connectivity index (χ2v) is 15.2. The first-order valence-electron chi connectivity index (χ1n) is 13.1. The van der Waals surface area contributed by atoms with Crippen molar-refractivity contribution in [1.82, 2.24) is 5.32 Å². The SMILES string of the molecule is CS[C@H]1O[C@H]([C@H](CS(C)(CCCCCSC(C)=O)OC(C)=O)NC(C)=O)[C@H](OC(C)=O)[C@H](OC(C)=O)[C@H]1OC(C)=O. The summed E-state index contributed by atoms with van der Waals surface area (Å²) in [4.78, 5) is 72.0. The third-order valence-corrected chi connectivity index (χ3v) is 10.4. The first kappa shape index (κ1) is 37.1. The topological polar surface area (TPSA) is 161 Å². The molecule has 7 atom stereocenters. The van der Waals surface area contributed by atoms with E-state index in [-0.39, 0.29) is 10.9 Å². The molecule has 1 aliphatic heterocycles. The molecule has 1 rings (SSSR count). The van der Waals surface area contributed by atoms with Gasteiger partial charge in [0.05, 0.1) is 6.04 Å². The molecule has 12 nitrogen and oxygen atoms in total. The summed E-state index contributed by atoms with van der Waals surface area (Å²) in [5.41, 5.74) is -0.843. The van der Waals surface area contributed by atoms with E-state index in [0.717, 1.165) is 12.8 Å². The third-order valence-electron chi connectivity index (χ3n) is 5.83. The van der Waals surface area contributed by atoms with Crippen LogP contribution in [0.15, 0.2) is 0 Å². The molecule has 0 aromatic rings. The maximum absolute atomic E-state index is 12.4. The molecule has 0 aromatic carbocycles. The van der Waals surface area contributed by atoms with Crippen LogP contribution in [0.5, 0.6) is 0 Å². The molecule has 0 spiro atoms. The van der Waals surface area contributed by atoms with E-state index in [2.05, 4.69) is 5.32 Å². The summed E-state index contributed by atoms with van der Waals surface area (Å²) < 4.78 is 28.7. The molecule has 1 saturated heterocycles. The van der Waals surface area contributed by atoms with E-state index in [1.165, 1.54) is 65.1 Å². The second kappa shape index (κ2) is 17.9. The van der Waals surface area contributed by atoms with Crippen LogP contribution in [0.3, 0.4) is 0 Å². The predicted octanol–water partition coefficient (Wildman–Crippen LogP) is 2.74. The minimum Gasteiger partial charge on any atom is -0.456 e. The number of thioether (sulfide) groups is 2. The summed E-state index contributed by atoms with van der Waals surface area (Å²) in [6, 6.07) is -0.838. The van der Waals surface area contributed by atoms with E-state index in [4.69, 9.17) is 23.1 Å². The van der Waals surface area contributed by atoms with Crippen LogP contribution in [0, 0.1) is 0 Å². The van der Waals surface area contributed by atoms with Crippen molar-refractivity contribution < 1.29 is 51.9 Å². The number of hydrogen-bond acceptors (Lipinski definition) is 13. The largest absolute Gasteiger partial charge is 0.456 e. The van der Waals surface area contributed by atoms with Gasteiger partial charge >= 0.3 is 23.9 Å². The maximum atomic E-state index is 12.4. The fourth-order valence-corrected chi connectivity index (χ4v) is 8.61. The maximum Gasteiger partial charge on any atom is 0.313 e. The predicted molar refractivity (Wildman–Crippen MR) is 158 cm³/mol. The number of hydrogen-bond donors (Lipinski definition) is 1. The average molecular weight is 642 g/mol. The average Bonchev–Trinajstić information content (AvgIpc) is 2.81. The minimum absolute atomic E-state index is 0.0555. The first-order valence-corrected chi connectivity index (χ1v) is 17.7. The van der Waals surface area contributed by atoms with Gasteiger partial charge in [0.1, 0.15) is 11.5 Å². The van der Waals surface area contributed by atoms with Crippen molar-refractivity contribution in [3.8, 4) is 0 Å². The molecule has 1 amide bonds. The Morgan fingerprint density at radius 3 is 1.85 bits per heavy atom. The van der Waals surface area contributed by atoms with Crippen LogP contribution < -0.4 is 5.32 Å². The van der Waals surface area contributed by atoms with Crippen LogP contribution >= 0.6 is 33.8 Å². The summed E-state index contributed by atoms with van der Waals surface area (Å²) in [7, 11) is -2.14. The number of ether oxygens (including phenoxy) is 4. The Morgan fingerprint density at radius 1 is 0.805 bits per heavy atom. The lowest BCUT2D eigenvalue weighted by molar-refractivity contribution is -0.234. The summed E-state index contributed by atoms with van der Waals surface area (Å²) in [6.45, 7) is 7.70. The van der Waals surface area contributed by atoms with Gasteiger partial charge in [0.15, 0.2) is 23.4 Å². The van der Waals surface area contributed by atoms with Crippen LogP contribution in [-0.2, 0) is 51.9 Å². The van der Waals surface area contributed by atoms with Gasteiger partial charge in [-0.15, -0.1) is 11.8 Å². The molecule has 15 heteroatoms. The van der Waals surface area contributed by atoms with E-state index in [0.29, 0.717) is 17.9 Å². The number of esters is 3. The fraction of sp³-hybridized carbons (Fsp3) is 0.769. The van der Waals surface area contributed by atoms with Gasteiger partial charge in [-0.25, -0.2) is 0 Å². The Labute approximate surface area is 251 Å². The van der Waals surface area contributed by atoms with Gasteiger partial charge in [-0.1, -0.05) is 28.5 Å². The van der Waals surface area contributed by atoms with Crippen molar-refractivity contribution in [3.63, 3.8) is 0 Å². The zero-order valence-electron chi connectivity index (χ0n) is 24.9. The summed E-state index contributed by atoms with van der Waals surface area (Å²) in [5.74, 6) is -1.56. The molecule has 0 aromatic heterocycles. The van der Waals surface area contributed by atoms with Gasteiger partial charge in [0.2, 0.25) is 5.91 Å². The van der Waals surface area contributed by atoms with Crippen molar-refractivity contribution in [3.05, 3.63) is 0 Å². The lowest BCUT2D eigenvalue weighted by Gasteiger charge is -2.48. The zero-order chi connectivity index (χ0) is 31.3. The zero-order valence-corrected chi connectivity index (χ0v) is 27.4. The first-order chi connectivity index (χ1) is 19.1. The molecule has 0 radical (unpaired) electrons. The van der Waals surface area contributed by atoms with Gasteiger partial charge in [0.25, 0.3) is 0 Å².